The highest BCUT2D eigenvalue weighted by Crippen LogP contribution is 2.64. The molecule has 1 saturated heterocycles. The molecule has 3 aromatic rings. The molecule has 1 heterocycles. The van der Waals surface area contributed by atoms with E-state index in [1.54, 1.807) is 48.5 Å². The summed E-state index contributed by atoms with van der Waals surface area (Å²) in [6, 6.07) is 19.3. The van der Waals surface area contributed by atoms with Crippen LogP contribution in [0, 0.1) is 22.0 Å². The molecule has 4 aliphatic rings. The second-order valence-corrected chi connectivity index (χ2v) is 8.54. The van der Waals surface area contributed by atoms with E-state index in [1.807, 2.05) is 0 Å². The minimum Gasteiger partial charge on any atom is -0.478 e. The van der Waals surface area contributed by atoms with Crippen LogP contribution in [0.2, 0.25) is 0 Å². The summed E-state index contributed by atoms with van der Waals surface area (Å²) in [5.41, 5.74) is 0.618. The molecule has 0 spiro atoms. The van der Waals surface area contributed by atoms with Crippen LogP contribution < -0.4 is 4.90 Å². The molecule has 2 amide bonds. The number of nitro groups is 1. The van der Waals surface area contributed by atoms with Gasteiger partial charge in [0.25, 0.3) is 5.54 Å². The Morgan fingerprint density at radius 3 is 1.94 bits per heavy atom. The number of aromatic carboxylic acids is 1. The van der Waals surface area contributed by atoms with Gasteiger partial charge in [-0.05, 0) is 35.4 Å². The summed E-state index contributed by atoms with van der Waals surface area (Å²) in [7, 11) is 0. The van der Waals surface area contributed by atoms with Crippen molar-refractivity contribution in [1.29, 1.82) is 0 Å². The van der Waals surface area contributed by atoms with Crippen molar-refractivity contribution in [2.24, 2.45) is 11.8 Å². The second kappa shape index (κ2) is 6.35. The van der Waals surface area contributed by atoms with Crippen molar-refractivity contribution in [3.05, 3.63) is 111 Å². The van der Waals surface area contributed by atoms with Gasteiger partial charge in [-0.15, -0.1) is 0 Å². The Labute approximate surface area is 187 Å². The number of amides is 2. The molecule has 7 rings (SSSR count). The van der Waals surface area contributed by atoms with Gasteiger partial charge < -0.3 is 5.11 Å². The predicted molar refractivity (Wildman–Crippen MR) is 115 cm³/mol. The number of carbonyl (C=O) groups excluding carboxylic acids is 2. The van der Waals surface area contributed by atoms with Crippen molar-refractivity contribution in [2.45, 2.75) is 11.5 Å². The van der Waals surface area contributed by atoms with Gasteiger partial charge in [-0.3, -0.25) is 19.7 Å². The molecule has 1 fully saturated rings. The van der Waals surface area contributed by atoms with Crippen LogP contribution in [0.1, 0.15) is 38.5 Å². The maximum atomic E-state index is 13.8. The van der Waals surface area contributed by atoms with Gasteiger partial charge in [0.1, 0.15) is 5.92 Å². The van der Waals surface area contributed by atoms with E-state index in [-0.39, 0.29) is 11.3 Å². The zero-order valence-electron chi connectivity index (χ0n) is 17.0. The molecule has 0 aromatic heterocycles. The maximum absolute atomic E-state index is 13.8. The Hall–Kier alpha value is -4.33. The minimum atomic E-state index is -1.88. The number of carboxylic acid groups (broad SMARTS) is 1. The van der Waals surface area contributed by atoms with Gasteiger partial charge in [0.15, 0.2) is 0 Å². The molecule has 2 atom stereocenters. The number of nitrogens with zero attached hydrogens (tertiary/aromatic N) is 2. The summed E-state index contributed by atoms with van der Waals surface area (Å²) in [5, 5.41) is 22.0. The first-order valence-corrected chi connectivity index (χ1v) is 10.4. The minimum absolute atomic E-state index is 0.0110. The SMILES string of the molecule is O=C(O)c1ccc(N2C(=O)[C@@H]3[C@@H](C2=O)C2c4ccccc4C3([N+](=O)[O-])c3ccccc32)cc1. The fraction of sp³-hybridized carbons (Fsp3) is 0.160. The summed E-state index contributed by atoms with van der Waals surface area (Å²) >= 11 is 0. The van der Waals surface area contributed by atoms with E-state index >= 15 is 0 Å². The number of benzene rings is 3. The van der Waals surface area contributed by atoms with Crippen molar-refractivity contribution < 1.29 is 24.4 Å². The lowest BCUT2D eigenvalue weighted by Gasteiger charge is -2.48. The predicted octanol–water partition coefficient (Wildman–Crippen LogP) is 3.17. The third-order valence-corrected chi connectivity index (χ3v) is 7.23. The first-order chi connectivity index (χ1) is 15.9. The van der Waals surface area contributed by atoms with Gasteiger partial charge in [-0.25, -0.2) is 9.69 Å². The van der Waals surface area contributed by atoms with Crippen LogP contribution in [0.25, 0.3) is 0 Å². The molecule has 0 unspecified atom stereocenters. The Morgan fingerprint density at radius 1 is 0.879 bits per heavy atom. The van der Waals surface area contributed by atoms with E-state index in [0.717, 1.165) is 4.90 Å². The third kappa shape index (κ3) is 2.17. The molecule has 3 aromatic carbocycles. The number of rotatable bonds is 3. The van der Waals surface area contributed by atoms with Crippen LogP contribution in [0.15, 0.2) is 72.8 Å². The zero-order valence-corrected chi connectivity index (χ0v) is 17.0. The topological polar surface area (TPSA) is 118 Å². The van der Waals surface area contributed by atoms with E-state index in [0.29, 0.717) is 22.3 Å². The fourth-order valence-electron chi connectivity index (χ4n) is 6.05. The molecule has 0 radical (unpaired) electrons. The number of imide groups is 1. The lowest BCUT2D eigenvalue weighted by molar-refractivity contribution is -0.578. The van der Waals surface area contributed by atoms with Crippen LogP contribution in [0.3, 0.4) is 0 Å². The number of anilines is 1. The molecule has 1 aliphatic heterocycles. The average molecular weight is 440 g/mol. The van der Waals surface area contributed by atoms with Crippen LogP contribution >= 0.6 is 0 Å². The monoisotopic (exact) mass is 440 g/mol. The first kappa shape index (κ1) is 19.4. The van der Waals surface area contributed by atoms with Gasteiger partial charge in [-0.1, -0.05) is 48.5 Å². The van der Waals surface area contributed by atoms with Crippen LogP contribution in [-0.4, -0.2) is 27.8 Å². The highest BCUT2D eigenvalue weighted by Gasteiger charge is 2.74. The standard InChI is InChI=1S/C25H16N2O6/c28-22-20-19-15-5-1-3-7-17(15)25(27(32)33,18-8-4-2-6-16(18)19)21(20)23(29)26(22)14-11-9-13(10-12-14)24(30)31/h1-12,19-21H,(H,30,31)/t19?,20-,21-,25?/m0/s1. The van der Waals surface area contributed by atoms with Crippen LogP contribution in [0.5, 0.6) is 0 Å². The van der Waals surface area contributed by atoms with Gasteiger partial charge in [0, 0.05) is 22.0 Å². The summed E-state index contributed by atoms with van der Waals surface area (Å²) in [6.45, 7) is 0. The number of carbonyl (C=O) groups is 3. The van der Waals surface area contributed by atoms with Crippen molar-refractivity contribution in [1.82, 2.24) is 0 Å². The van der Waals surface area contributed by atoms with Crippen molar-refractivity contribution >= 4 is 23.5 Å². The van der Waals surface area contributed by atoms with Crippen molar-refractivity contribution in [3.63, 3.8) is 0 Å². The highest BCUT2D eigenvalue weighted by molar-refractivity contribution is 6.23. The van der Waals surface area contributed by atoms with E-state index in [9.17, 15) is 24.5 Å². The van der Waals surface area contributed by atoms with E-state index < -0.39 is 46.0 Å². The lowest BCUT2D eigenvalue weighted by Crippen LogP contribution is -2.57. The van der Waals surface area contributed by atoms with Crippen molar-refractivity contribution in [2.75, 3.05) is 4.90 Å². The number of hydrogen-bond donors (Lipinski definition) is 1. The molecule has 33 heavy (non-hydrogen) atoms. The molecular weight excluding hydrogens is 424 g/mol. The summed E-state index contributed by atoms with van der Waals surface area (Å²) < 4.78 is 0. The quantitative estimate of drug-likeness (QED) is 0.380. The molecule has 3 aliphatic carbocycles. The summed E-state index contributed by atoms with van der Waals surface area (Å²) in [4.78, 5) is 52.1. The molecule has 8 heteroatoms. The Bertz CT molecular complexity index is 1350. The highest BCUT2D eigenvalue weighted by atomic mass is 16.6. The van der Waals surface area contributed by atoms with Gasteiger partial charge in [0.2, 0.25) is 11.8 Å². The number of carboxylic acids is 1. The maximum Gasteiger partial charge on any atom is 0.335 e. The molecule has 8 nitrogen and oxygen atoms in total. The largest absolute Gasteiger partial charge is 0.478 e. The summed E-state index contributed by atoms with van der Waals surface area (Å²) in [6.07, 6.45) is 0. The van der Waals surface area contributed by atoms with Crippen molar-refractivity contribution in [3.8, 4) is 0 Å². The number of hydrogen-bond acceptors (Lipinski definition) is 5. The second-order valence-electron chi connectivity index (χ2n) is 8.54. The zero-order chi connectivity index (χ0) is 23.1. The summed E-state index contributed by atoms with van der Waals surface area (Å²) in [5.74, 6) is -4.89. The molecular formula is C25H16N2O6. The Morgan fingerprint density at radius 2 is 1.42 bits per heavy atom. The molecule has 0 saturated carbocycles. The molecule has 2 bridgehead atoms. The van der Waals surface area contributed by atoms with Gasteiger partial charge >= 0.3 is 5.97 Å². The van der Waals surface area contributed by atoms with E-state index in [4.69, 9.17) is 5.11 Å². The van der Waals surface area contributed by atoms with Gasteiger partial charge in [-0.2, -0.15) is 0 Å². The van der Waals surface area contributed by atoms with Crippen LogP contribution in [0.4, 0.5) is 5.69 Å². The normalized spacial score (nSPS) is 26.5. The Kier molecular flexibility index (Phi) is 3.73. The molecule has 1 N–H and O–H groups in total. The fourth-order valence-corrected chi connectivity index (χ4v) is 6.05. The van der Waals surface area contributed by atoms with Gasteiger partial charge in [0.05, 0.1) is 17.2 Å². The molecule has 162 valence electrons. The Balaban J connectivity index is 1.61. The smallest absolute Gasteiger partial charge is 0.335 e. The van der Waals surface area contributed by atoms with E-state index in [1.165, 1.54) is 24.3 Å². The third-order valence-electron chi connectivity index (χ3n) is 7.23. The lowest BCUT2D eigenvalue weighted by atomic mass is 9.51. The van der Waals surface area contributed by atoms with E-state index in [2.05, 4.69) is 0 Å². The first-order valence-electron chi connectivity index (χ1n) is 10.4. The van der Waals surface area contributed by atoms with Crippen LogP contribution in [-0.2, 0) is 15.1 Å². The average Bonchev–Trinajstić information content (AvgIpc) is 3.09.